The standard InChI is InChI=1S/C23H17NO2S/c1-16-11-13-17(14-12-16)23(26)24(18-7-3-2-4-8-18)15-21-22(25)19-9-5-6-10-20(19)27-21/h2-15H,1H3. The molecule has 4 rings (SSSR count). The van der Waals surface area contributed by atoms with Gasteiger partial charge in [0.05, 0.1) is 4.91 Å². The molecule has 132 valence electrons. The van der Waals surface area contributed by atoms with Crippen LogP contribution in [-0.2, 0) is 0 Å². The van der Waals surface area contributed by atoms with Gasteiger partial charge in [-0.3, -0.25) is 14.5 Å². The molecule has 4 heteroatoms. The maximum absolute atomic E-state index is 13.2. The van der Waals surface area contributed by atoms with Gasteiger partial charge in [0.25, 0.3) is 5.91 Å². The summed E-state index contributed by atoms with van der Waals surface area (Å²) >= 11 is 1.40. The molecule has 0 unspecified atom stereocenters. The lowest BCUT2D eigenvalue weighted by Gasteiger charge is -2.19. The number of fused-ring (bicyclic) bond motifs is 1. The summed E-state index contributed by atoms with van der Waals surface area (Å²) in [6, 6.07) is 24.3. The van der Waals surface area contributed by atoms with Crippen molar-refractivity contribution in [3.63, 3.8) is 0 Å². The van der Waals surface area contributed by atoms with Crippen LogP contribution < -0.4 is 4.90 Å². The number of carbonyl (C=O) groups is 2. The molecule has 0 atom stereocenters. The van der Waals surface area contributed by atoms with Gasteiger partial charge in [-0.1, -0.05) is 59.8 Å². The number of Topliss-reactive ketones (excluding diaryl/α,β-unsaturated/α-hetero) is 1. The molecule has 0 bridgehead atoms. The van der Waals surface area contributed by atoms with E-state index in [1.165, 1.54) is 11.8 Å². The number of benzene rings is 3. The SMILES string of the molecule is Cc1ccc(C(=O)N(C=C2Sc3ccccc3C2=O)c2ccccc2)cc1. The van der Waals surface area contributed by atoms with Crippen LogP contribution in [0.2, 0.25) is 0 Å². The number of amides is 1. The quantitative estimate of drug-likeness (QED) is 0.573. The number of allylic oxidation sites excluding steroid dienone is 1. The lowest BCUT2D eigenvalue weighted by molar-refractivity contribution is 0.0997. The van der Waals surface area contributed by atoms with Gasteiger partial charge in [0.1, 0.15) is 0 Å². The number of thioether (sulfide) groups is 1. The Morgan fingerprint density at radius 1 is 0.889 bits per heavy atom. The molecule has 3 nitrogen and oxygen atoms in total. The van der Waals surface area contributed by atoms with Gasteiger partial charge >= 0.3 is 0 Å². The summed E-state index contributed by atoms with van der Waals surface area (Å²) in [6.07, 6.45) is 1.66. The number of hydrogen-bond donors (Lipinski definition) is 0. The topological polar surface area (TPSA) is 37.4 Å². The van der Waals surface area contributed by atoms with Crippen molar-refractivity contribution in [3.8, 4) is 0 Å². The van der Waals surface area contributed by atoms with Crippen LogP contribution in [0.15, 0.2) is 94.9 Å². The van der Waals surface area contributed by atoms with Crippen molar-refractivity contribution in [2.75, 3.05) is 4.90 Å². The zero-order valence-corrected chi connectivity index (χ0v) is 15.6. The Balaban J connectivity index is 1.75. The maximum atomic E-state index is 13.2. The van der Waals surface area contributed by atoms with Crippen molar-refractivity contribution in [2.45, 2.75) is 11.8 Å². The summed E-state index contributed by atoms with van der Waals surface area (Å²) < 4.78 is 0. The van der Waals surface area contributed by atoms with Crippen LogP contribution in [0.4, 0.5) is 5.69 Å². The number of rotatable bonds is 3. The molecule has 1 amide bonds. The maximum Gasteiger partial charge on any atom is 0.262 e. The summed E-state index contributed by atoms with van der Waals surface area (Å²) in [5, 5.41) is 0. The molecule has 3 aromatic carbocycles. The van der Waals surface area contributed by atoms with E-state index in [0.717, 1.165) is 16.1 Å². The van der Waals surface area contributed by atoms with Crippen molar-refractivity contribution in [1.29, 1.82) is 0 Å². The third-order valence-corrected chi connectivity index (χ3v) is 5.46. The van der Waals surface area contributed by atoms with Crippen molar-refractivity contribution < 1.29 is 9.59 Å². The highest BCUT2D eigenvalue weighted by molar-refractivity contribution is 8.04. The Morgan fingerprint density at radius 2 is 1.56 bits per heavy atom. The predicted octanol–water partition coefficient (Wildman–Crippen LogP) is 5.47. The number of aryl methyl sites for hydroxylation is 1. The van der Waals surface area contributed by atoms with Crippen LogP contribution in [0, 0.1) is 6.92 Å². The molecule has 1 aliphatic heterocycles. The van der Waals surface area contributed by atoms with Crippen LogP contribution in [0.25, 0.3) is 0 Å². The van der Waals surface area contributed by atoms with Crippen LogP contribution in [0.5, 0.6) is 0 Å². The van der Waals surface area contributed by atoms with E-state index in [9.17, 15) is 9.59 Å². The Kier molecular flexibility index (Phi) is 4.65. The van der Waals surface area contributed by atoms with Crippen molar-refractivity contribution in [1.82, 2.24) is 0 Å². The van der Waals surface area contributed by atoms with Gasteiger partial charge in [-0.05, 0) is 43.3 Å². The molecule has 0 radical (unpaired) electrons. The van der Waals surface area contributed by atoms with Gasteiger partial charge in [0, 0.05) is 27.9 Å². The minimum Gasteiger partial charge on any atom is -0.288 e. The zero-order chi connectivity index (χ0) is 18.8. The Morgan fingerprint density at radius 3 is 2.26 bits per heavy atom. The van der Waals surface area contributed by atoms with Crippen LogP contribution in [-0.4, -0.2) is 11.7 Å². The van der Waals surface area contributed by atoms with E-state index in [1.54, 1.807) is 11.1 Å². The minimum absolute atomic E-state index is 0.0479. The van der Waals surface area contributed by atoms with E-state index in [0.29, 0.717) is 16.0 Å². The lowest BCUT2D eigenvalue weighted by Crippen LogP contribution is -2.26. The van der Waals surface area contributed by atoms with Gasteiger partial charge in [0.2, 0.25) is 5.78 Å². The van der Waals surface area contributed by atoms with Crippen molar-refractivity contribution >= 4 is 29.1 Å². The van der Waals surface area contributed by atoms with Gasteiger partial charge < -0.3 is 0 Å². The highest BCUT2D eigenvalue weighted by Crippen LogP contribution is 2.40. The summed E-state index contributed by atoms with van der Waals surface area (Å²) in [5.74, 6) is -0.216. The first-order chi connectivity index (χ1) is 13.1. The van der Waals surface area contributed by atoms with E-state index in [4.69, 9.17) is 0 Å². The molecule has 0 aliphatic carbocycles. The van der Waals surface area contributed by atoms with Crippen LogP contribution in [0.1, 0.15) is 26.3 Å². The van der Waals surface area contributed by atoms with E-state index in [1.807, 2.05) is 85.8 Å². The highest BCUT2D eigenvalue weighted by Gasteiger charge is 2.27. The molecule has 0 spiro atoms. The second-order valence-corrected chi connectivity index (χ2v) is 7.38. The summed E-state index contributed by atoms with van der Waals surface area (Å²) in [4.78, 5) is 28.9. The molecule has 1 heterocycles. The first-order valence-electron chi connectivity index (χ1n) is 8.62. The molecule has 0 fully saturated rings. The molecule has 0 aromatic heterocycles. The lowest BCUT2D eigenvalue weighted by atomic mass is 10.1. The second-order valence-electron chi connectivity index (χ2n) is 6.30. The average Bonchev–Trinajstić information content (AvgIpc) is 3.03. The van der Waals surface area contributed by atoms with E-state index < -0.39 is 0 Å². The highest BCUT2D eigenvalue weighted by atomic mass is 32.2. The molecule has 27 heavy (non-hydrogen) atoms. The average molecular weight is 371 g/mol. The first kappa shape index (κ1) is 17.3. The number of para-hydroxylation sites is 1. The van der Waals surface area contributed by atoms with Crippen LogP contribution in [0.3, 0.4) is 0 Å². The van der Waals surface area contributed by atoms with Crippen LogP contribution >= 0.6 is 11.8 Å². The van der Waals surface area contributed by atoms with E-state index >= 15 is 0 Å². The van der Waals surface area contributed by atoms with E-state index in [-0.39, 0.29) is 11.7 Å². The predicted molar refractivity (Wildman–Crippen MR) is 109 cm³/mol. The number of carbonyl (C=O) groups excluding carboxylic acids is 2. The zero-order valence-electron chi connectivity index (χ0n) is 14.8. The molecule has 0 N–H and O–H groups in total. The summed E-state index contributed by atoms with van der Waals surface area (Å²) in [6.45, 7) is 1.98. The van der Waals surface area contributed by atoms with Gasteiger partial charge in [-0.25, -0.2) is 0 Å². The third-order valence-electron chi connectivity index (χ3n) is 4.37. The molecule has 0 saturated heterocycles. The minimum atomic E-state index is -0.168. The molecule has 0 saturated carbocycles. The van der Waals surface area contributed by atoms with E-state index in [2.05, 4.69) is 0 Å². The van der Waals surface area contributed by atoms with Gasteiger partial charge in [0.15, 0.2) is 0 Å². The largest absolute Gasteiger partial charge is 0.288 e. The molecular formula is C23H17NO2S. The summed E-state index contributed by atoms with van der Waals surface area (Å²) in [5.41, 5.74) is 3.08. The van der Waals surface area contributed by atoms with Gasteiger partial charge in [-0.2, -0.15) is 0 Å². The number of nitrogens with zero attached hydrogens (tertiary/aromatic N) is 1. The molecular weight excluding hydrogens is 354 g/mol. The smallest absolute Gasteiger partial charge is 0.262 e. The molecule has 1 aliphatic rings. The Labute approximate surface area is 162 Å². The Bertz CT molecular complexity index is 1040. The first-order valence-corrected chi connectivity index (χ1v) is 9.44. The fourth-order valence-electron chi connectivity index (χ4n) is 2.92. The monoisotopic (exact) mass is 371 g/mol. The second kappa shape index (κ2) is 7.25. The van der Waals surface area contributed by atoms with Gasteiger partial charge in [-0.15, -0.1) is 0 Å². The Hall–Kier alpha value is -3.11. The van der Waals surface area contributed by atoms with Crippen molar-refractivity contribution in [3.05, 3.63) is 107 Å². The number of ketones is 1. The number of hydrogen-bond acceptors (Lipinski definition) is 3. The summed E-state index contributed by atoms with van der Waals surface area (Å²) in [7, 11) is 0. The fourth-order valence-corrected chi connectivity index (χ4v) is 3.93. The normalized spacial score (nSPS) is 14.3. The third kappa shape index (κ3) is 3.44. The fraction of sp³-hybridized carbons (Fsp3) is 0.0435. The van der Waals surface area contributed by atoms with Crippen molar-refractivity contribution in [2.24, 2.45) is 0 Å². The number of anilines is 1. The molecule has 3 aromatic rings.